The number of rotatable bonds is 4. The summed E-state index contributed by atoms with van der Waals surface area (Å²) in [6.45, 7) is 3.29. The zero-order valence-corrected chi connectivity index (χ0v) is 12.4. The van der Waals surface area contributed by atoms with Gasteiger partial charge < -0.3 is 10.5 Å². The highest BCUT2D eigenvalue weighted by Crippen LogP contribution is 2.24. The lowest BCUT2D eigenvalue weighted by Gasteiger charge is -2.32. The van der Waals surface area contributed by atoms with Crippen LogP contribution in [0.15, 0.2) is 35.8 Å². The summed E-state index contributed by atoms with van der Waals surface area (Å²) in [6.07, 6.45) is 1.87. The maximum atomic E-state index is 11.1. The van der Waals surface area contributed by atoms with E-state index in [1.807, 2.05) is 23.7 Å². The van der Waals surface area contributed by atoms with Crippen molar-refractivity contribution in [2.75, 3.05) is 19.7 Å². The fraction of sp³-hybridized carbons (Fsp3) is 0.333. The van der Waals surface area contributed by atoms with Gasteiger partial charge in [0.2, 0.25) is 5.91 Å². The third-order valence-electron chi connectivity index (χ3n) is 3.52. The van der Waals surface area contributed by atoms with Crippen molar-refractivity contribution in [3.63, 3.8) is 0 Å². The van der Waals surface area contributed by atoms with Crippen molar-refractivity contribution >= 4 is 17.2 Å². The summed E-state index contributed by atoms with van der Waals surface area (Å²) in [5.74, 6) is -0.392. The van der Waals surface area contributed by atoms with E-state index < -0.39 is 5.91 Å². The minimum absolute atomic E-state index is 0.0589. The first-order valence-corrected chi connectivity index (χ1v) is 7.72. The van der Waals surface area contributed by atoms with Gasteiger partial charge in [-0.15, -0.1) is 11.3 Å². The lowest BCUT2D eigenvalue weighted by atomic mass is 10.1. The van der Waals surface area contributed by atoms with E-state index in [1.165, 1.54) is 5.56 Å². The lowest BCUT2D eigenvalue weighted by molar-refractivity contribution is -0.0330. The SMILES string of the molecule is NC(=O)c1ccc(CN2CCOC(c3nccs3)C2)cc1. The number of primary amides is 1. The minimum atomic E-state index is -0.392. The number of nitrogens with zero attached hydrogens (tertiary/aromatic N) is 2. The molecule has 1 saturated heterocycles. The highest BCUT2D eigenvalue weighted by Gasteiger charge is 2.23. The normalized spacial score (nSPS) is 19.5. The van der Waals surface area contributed by atoms with Gasteiger partial charge in [-0.25, -0.2) is 4.98 Å². The van der Waals surface area contributed by atoms with Crippen LogP contribution in [0, 0.1) is 0 Å². The zero-order valence-electron chi connectivity index (χ0n) is 11.6. The van der Waals surface area contributed by atoms with Crippen LogP contribution in [0.4, 0.5) is 0 Å². The van der Waals surface area contributed by atoms with Gasteiger partial charge in [-0.1, -0.05) is 12.1 Å². The molecular weight excluding hydrogens is 286 g/mol. The topological polar surface area (TPSA) is 68.5 Å². The van der Waals surface area contributed by atoms with E-state index in [4.69, 9.17) is 10.5 Å². The number of hydrogen-bond acceptors (Lipinski definition) is 5. The highest BCUT2D eigenvalue weighted by atomic mass is 32.1. The molecule has 21 heavy (non-hydrogen) atoms. The number of aromatic nitrogens is 1. The quantitative estimate of drug-likeness (QED) is 0.935. The van der Waals surface area contributed by atoms with Crippen LogP contribution < -0.4 is 5.73 Å². The number of amides is 1. The molecule has 3 rings (SSSR count). The Labute approximate surface area is 127 Å². The molecule has 0 saturated carbocycles. The van der Waals surface area contributed by atoms with Crippen LogP contribution in [0.3, 0.4) is 0 Å². The predicted molar refractivity (Wildman–Crippen MR) is 81.0 cm³/mol. The Morgan fingerprint density at radius 2 is 2.24 bits per heavy atom. The smallest absolute Gasteiger partial charge is 0.248 e. The van der Waals surface area contributed by atoms with E-state index in [-0.39, 0.29) is 6.10 Å². The van der Waals surface area contributed by atoms with E-state index in [0.717, 1.165) is 24.6 Å². The second-order valence-corrected chi connectivity index (χ2v) is 5.95. The van der Waals surface area contributed by atoms with Gasteiger partial charge in [-0.3, -0.25) is 9.69 Å². The summed E-state index contributed by atoms with van der Waals surface area (Å²) in [4.78, 5) is 17.7. The van der Waals surface area contributed by atoms with E-state index in [9.17, 15) is 4.79 Å². The first-order valence-electron chi connectivity index (χ1n) is 6.84. The van der Waals surface area contributed by atoms with Gasteiger partial charge >= 0.3 is 0 Å². The average Bonchev–Trinajstić information content (AvgIpc) is 3.02. The standard InChI is InChI=1S/C15H17N3O2S/c16-14(19)12-3-1-11(2-4-12)9-18-6-7-20-13(10-18)15-17-5-8-21-15/h1-5,8,13H,6-7,9-10H2,(H2,16,19). The summed E-state index contributed by atoms with van der Waals surface area (Å²) in [6, 6.07) is 7.45. The fourth-order valence-electron chi connectivity index (χ4n) is 2.42. The molecule has 2 heterocycles. The first kappa shape index (κ1) is 14.2. The molecule has 1 unspecified atom stereocenters. The molecule has 1 aliphatic rings. The summed E-state index contributed by atoms with van der Waals surface area (Å²) in [5.41, 5.74) is 6.96. The van der Waals surface area contributed by atoms with Gasteiger partial charge in [0.15, 0.2) is 0 Å². The van der Waals surface area contributed by atoms with Gasteiger partial charge in [0.25, 0.3) is 0 Å². The third-order valence-corrected chi connectivity index (χ3v) is 4.39. The Balaban J connectivity index is 1.63. The molecule has 0 bridgehead atoms. The molecule has 0 aliphatic carbocycles. The average molecular weight is 303 g/mol. The van der Waals surface area contributed by atoms with Crippen LogP contribution in [0.1, 0.15) is 27.0 Å². The second-order valence-electron chi connectivity index (χ2n) is 5.03. The van der Waals surface area contributed by atoms with Crippen molar-refractivity contribution in [1.29, 1.82) is 0 Å². The van der Waals surface area contributed by atoms with Crippen molar-refractivity contribution in [3.05, 3.63) is 52.0 Å². The Morgan fingerprint density at radius 1 is 1.43 bits per heavy atom. The Morgan fingerprint density at radius 3 is 2.90 bits per heavy atom. The number of carbonyl (C=O) groups is 1. The van der Waals surface area contributed by atoms with Crippen molar-refractivity contribution in [1.82, 2.24) is 9.88 Å². The fourth-order valence-corrected chi connectivity index (χ4v) is 3.10. The van der Waals surface area contributed by atoms with Crippen LogP contribution in [-0.4, -0.2) is 35.5 Å². The van der Waals surface area contributed by atoms with Crippen LogP contribution in [0.5, 0.6) is 0 Å². The molecule has 1 aliphatic heterocycles. The first-order chi connectivity index (χ1) is 10.2. The van der Waals surface area contributed by atoms with E-state index in [1.54, 1.807) is 23.5 Å². The predicted octanol–water partition coefficient (Wildman–Crippen LogP) is 1.82. The molecule has 1 atom stereocenters. The molecule has 1 aromatic heterocycles. The molecule has 0 spiro atoms. The molecule has 5 nitrogen and oxygen atoms in total. The summed E-state index contributed by atoms with van der Waals surface area (Å²) in [7, 11) is 0. The van der Waals surface area contributed by atoms with Gasteiger partial charge in [-0.2, -0.15) is 0 Å². The number of nitrogens with two attached hydrogens (primary N) is 1. The number of thiazole rings is 1. The number of ether oxygens (including phenoxy) is 1. The minimum Gasteiger partial charge on any atom is -0.368 e. The monoisotopic (exact) mass is 303 g/mol. The molecule has 1 amide bonds. The van der Waals surface area contributed by atoms with Crippen LogP contribution in [0.25, 0.3) is 0 Å². The lowest BCUT2D eigenvalue weighted by Crippen LogP contribution is -2.37. The molecule has 6 heteroatoms. The second kappa shape index (κ2) is 6.34. The summed E-state index contributed by atoms with van der Waals surface area (Å²) in [5, 5.41) is 3.00. The van der Waals surface area contributed by atoms with Crippen molar-refractivity contribution in [3.8, 4) is 0 Å². The molecule has 2 aromatic rings. The van der Waals surface area contributed by atoms with Crippen LogP contribution in [0.2, 0.25) is 0 Å². The molecule has 1 aromatic carbocycles. The third kappa shape index (κ3) is 3.47. The Bertz CT molecular complexity index is 598. The number of carbonyl (C=O) groups excluding carboxylic acids is 1. The highest BCUT2D eigenvalue weighted by molar-refractivity contribution is 7.09. The summed E-state index contributed by atoms with van der Waals surface area (Å²) < 4.78 is 5.79. The number of hydrogen-bond donors (Lipinski definition) is 1. The maximum Gasteiger partial charge on any atom is 0.248 e. The van der Waals surface area contributed by atoms with Crippen molar-refractivity contribution in [2.45, 2.75) is 12.6 Å². The van der Waals surface area contributed by atoms with Gasteiger partial charge in [0.05, 0.1) is 6.61 Å². The molecule has 110 valence electrons. The zero-order chi connectivity index (χ0) is 14.7. The number of benzene rings is 1. The number of morpholine rings is 1. The van der Waals surface area contributed by atoms with Gasteiger partial charge in [0.1, 0.15) is 11.1 Å². The van der Waals surface area contributed by atoms with Crippen LogP contribution >= 0.6 is 11.3 Å². The van der Waals surface area contributed by atoms with E-state index >= 15 is 0 Å². The molecule has 2 N–H and O–H groups in total. The maximum absolute atomic E-state index is 11.1. The molecule has 1 fully saturated rings. The van der Waals surface area contributed by atoms with E-state index in [0.29, 0.717) is 12.2 Å². The van der Waals surface area contributed by atoms with Gasteiger partial charge in [-0.05, 0) is 17.7 Å². The van der Waals surface area contributed by atoms with Gasteiger partial charge in [0, 0.05) is 36.8 Å². The largest absolute Gasteiger partial charge is 0.368 e. The summed E-state index contributed by atoms with van der Waals surface area (Å²) >= 11 is 1.63. The Hall–Kier alpha value is -1.76. The van der Waals surface area contributed by atoms with Crippen molar-refractivity contribution < 1.29 is 9.53 Å². The molecule has 0 radical (unpaired) electrons. The molecular formula is C15H17N3O2S. The van der Waals surface area contributed by atoms with Crippen LogP contribution in [-0.2, 0) is 11.3 Å². The van der Waals surface area contributed by atoms with Crippen molar-refractivity contribution in [2.24, 2.45) is 5.73 Å². The van der Waals surface area contributed by atoms with E-state index in [2.05, 4.69) is 9.88 Å². The Kier molecular flexibility index (Phi) is 4.28.